The van der Waals surface area contributed by atoms with Gasteiger partial charge in [-0.05, 0) is 50.3 Å². The minimum absolute atomic E-state index is 0.233. The summed E-state index contributed by atoms with van der Waals surface area (Å²) in [5.74, 6) is 1.56. The van der Waals surface area contributed by atoms with Gasteiger partial charge in [0.25, 0.3) is 5.91 Å². The second-order valence-corrected chi connectivity index (χ2v) is 6.12. The van der Waals surface area contributed by atoms with E-state index in [4.69, 9.17) is 14.2 Å². The van der Waals surface area contributed by atoms with Crippen molar-refractivity contribution in [2.45, 2.75) is 20.8 Å². The number of hydrogen-bond donors (Lipinski definition) is 1. The van der Waals surface area contributed by atoms with Crippen LogP contribution in [0.3, 0.4) is 0 Å². The molecule has 0 radical (unpaired) electrons. The fourth-order valence-electron chi connectivity index (χ4n) is 2.80. The zero-order valence-corrected chi connectivity index (χ0v) is 17.2. The topological polar surface area (TPSA) is 60.0 Å². The van der Waals surface area contributed by atoms with Crippen LogP contribution >= 0.6 is 0 Å². The highest BCUT2D eigenvalue weighted by molar-refractivity contribution is 6.05. The van der Waals surface area contributed by atoms with E-state index in [9.17, 15) is 4.79 Å². The van der Waals surface area contributed by atoms with Gasteiger partial charge in [-0.1, -0.05) is 26.0 Å². The number of anilines is 1. The maximum Gasteiger partial charge on any atom is 0.255 e. The van der Waals surface area contributed by atoms with Gasteiger partial charge < -0.3 is 24.4 Å². The van der Waals surface area contributed by atoms with Gasteiger partial charge in [0.2, 0.25) is 0 Å². The molecule has 0 spiro atoms. The Labute approximate surface area is 167 Å². The van der Waals surface area contributed by atoms with Crippen LogP contribution in [0.15, 0.2) is 42.5 Å². The van der Waals surface area contributed by atoms with Crippen molar-refractivity contribution < 1.29 is 19.0 Å². The highest BCUT2D eigenvalue weighted by Crippen LogP contribution is 2.29. The lowest BCUT2D eigenvalue weighted by Crippen LogP contribution is -2.28. The molecule has 6 heteroatoms. The predicted molar refractivity (Wildman–Crippen MR) is 112 cm³/mol. The molecule has 0 aliphatic rings. The Bertz CT molecular complexity index is 760. The minimum atomic E-state index is -0.233. The van der Waals surface area contributed by atoms with Gasteiger partial charge >= 0.3 is 0 Å². The Morgan fingerprint density at radius 1 is 0.964 bits per heavy atom. The molecule has 0 aliphatic heterocycles. The SMILES string of the molecule is CCOc1cc(C(=O)Nc2ccccc2OCCN(CC)CC)ccc1OC. The van der Waals surface area contributed by atoms with Crippen molar-refractivity contribution in [3.63, 3.8) is 0 Å². The summed E-state index contributed by atoms with van der Waals surface area (Å²) in [6.07, 6.45) is 0. The molecule has 0 saturated heterocycles. The monoisotopic (exact) mass is 386 g/mol. The third-order valence-electron chi connectivity index (χ3n) is 4.42. The fourth-order valence-corrected chi connectivity index (χ4v) is 2.80. The number of ether oxygens (including phenoxy) is 3. The van der Waals surface area contributed by atoms with E-state index in [2.05, 4.69) is 24.1 Å². The molecule has 28 heavy (non-hydrogen) atoms. The van der Waals surface area contributed by atoms with Crippen molar-refractivity contribution in [3.05, 3.63) is 48.0 Å². The smallest absolute Gasteiger partial charge is 0.255 e. The van der Waals surface area contributed by atoms with Crippen LogP contribution in [0, 0.1) is 0 Å². The second-order valence-electron chi connectivity index (χ2n) is 6.12. The van der Waals surface area contributed by atoms with Crippen LogP contribution in [0.4, 0.5) is 5.69 Å². The lowest BCUT2D eigenvalue weighted by Gasteiger charge is -2.19. The molecule has 0 saturated carbocycles. The van der Waals surface area contributed by atoms with Crippen molar-refractivity contribution in [1.82, 2.24) is 4.90 Å². The summed E-state index contributed by atoms with van der Waals surface area (Å²) in [4.78, 5) is 15.0. The van der Waals surface area contributed by atoms with E-state index in [1.165, 1.54) is 0 Å². The van der Waals surface area contributed by atoms with Crippen molar-refractivity contribution in [3.8, 4) is 17.2 Å². The van der Waals surface area contributed by atoms with E-state index < -0.39 is 0 Å². The number of likely N-dealkylation sites (N-methyl/N-ethyl adjacent to an activating group) is 1. The van der Waals surface area contributed by atoms with Gasteiger partial charge in [0.15, 0.2) is 11.5 Å². The minimum Gasteiger partial charge on any atom is -0.493 e. The van der Waals surface area contributed by atoms with Crippen LogP contribution in [-0.4, -0.2) is 50.8 Å². The Balaban J connectivity index is 2.09. The molecule has 0 heterocycles. The zero-order chi connectivity index (χ0) is 20.4. The second kappa shape index (κ2) is 11.2. The average molecular weight is 386 g/mol. The first-order chi connectivity index (χ1) is 13.6. The largest absolute Gasteiger partial charge is 0.493 e. The van der Waals surface area contributed by atoms with Crippen LogP contribution < -0.4 is 19.5 Å². The zero-order valence-electron chi connectivity index (χ0n) is 17.2. The molecule has 0 unspecified atom stereocenters. The third kappa shape index (κ3) is 5.89. The maximum absolute atomic E-state index is 12.7. The van der Waals surface area contributed by atoms with Crippen LogP contribution in [-0.2, 0) is 0 Å². The lowest BCUT2D eigenvalue weighted by molar-refractivity contribution is 0.102. The van der Waals surface area contributed by atoms with Crippen molar-refractivity contribution in [1.29, 1.82) is 0 Å². The molecule has 2 rings (SSSR count). The Kier molecular flexibility index (Phi) is 8.62. The highest BCUT2D eigenvalue weighted by Gasteiger charge is 2.13. The molecule has 6 nitrogen and oxygen atoms in total. The summed E-state index contributed by atoms with van der Waals surface area (Å²) in [7, 11) is 1.57. The average Bonchev–Trinajstić information content (AvgIpc) is 2.72. The van der Waals surface area contributed by atoms with E-state index in [0.29, 0.717) is 41.7 Å². The Hall–Kier alpha value is -2.73. The van der Waals surface area contributed by atoms with Gasteiger partial charge in [0, 0.05) is 12.1 Å². The number of benzene rings is 2. The first-order valence-electron chi connectivity index (χ1n) is 9.69. The summed E-state index contributed by atoms with van der Waals surface area (Å²) >= 11 is 0. The molecule has 0 aliphatic carbocycles. The number of amides is 1. The molecule has 2 aromatic carbocycles. The molecule has 1 N–H and O–H groups in total. The van der Waals surface area contributed by atoms with E-state index in [1.54, 1.807) is 25.3 Å². The van der Waals surface area contributed by atoms with Gasteiger partial charge in [-0.25, -0.2) is 0 Å². The first kappa shape index (κ1) is 21.6. The fraction of sp³-hybridized carbons (Fsp3) is 0.409. The summed E-state index contributed by atoms with van der Waals surface area (Å²) < 4.78 is 16.7. The normalized spacial score (nSPS) is 10.6. The van der Waals surface area contributed by atoms with Gasteiger partial charge in [-0.2, -0.15) is 0 Å². The molecule has 0 aromatic heterocycles. The van der Waals surface area contributed by atoms with Gasteiger partial charge in [-0.3, -0.25) is 4.79 Å². The Morgan fingerprint density at radius 3 is 2.39 bits per heavy atom. The van der Waals surface area contributed by atoms with Crippen molar-refractivity contribution in [2.24, 2.45) is 0 Å². The van der Waals surface area contributed by atoms with Crippen molar-refractivity contribution in [2.75, 3.05) is 45.3 Å². The van der Waals surface area contributed by atoms with Crippen LogP contribution in [0.25, 0.3) is 0 Å². The summed E-state index contributed by atoms with van der Waals surface area (Å²) in [5.41, 5.74) is 1.13. The number of rotatable bonds is 11. The number of nitrogens with zero attached hydrogens (tertiary/aromatic N) is 1. The van der Waals surface area contributed by atoms with Crippen LogP contribution in [0.5, 0.6) is 17.2 Å². The number of methoxy groups -OCH3 is 1. The predicted octanol–water partition coefficient (Wildman–Crippen LogP) is 4.07. The molecule has 2 aromatic rings. The third-order valence-corrected chi connectivity index (χ3v) is 4.42. The number of carbonyl (C=O) groups excluding carboxylic acids is 1. The molecular weight excluding hydrogens is 356 g/mol. The number of para-hydroxylation sites is 2. The molecular formula is C22H30N2O4. The quantitative estimate of drug-likeness (QED) is 0.631. The van der Waals surface area contributed by atoms with Crippen LogP contribution in [0.2, 0.25) is 0 Å². The van der Waals surface area contributed by atoms with E-state index >= 15 is 0 Å². The molecule has 0 atom stereocenters. The van der Waals surface area contributed by atoms with Crippen molar-refractivity contribution >= 4 is 11.6 Å². The van der Waals surface area contributed by atoms with Gasteiger partial charge in [0.05, 0.1) is 19.4 Å². The first-order valence-corrected chi connectivity index (χ1v) is 9.69. The summed E-state index contributed by atoms with van der Waals surface area (Å²) in [6.45, 7) is 10.0. The summed E-state index contributed by atoms with van der Waals surface area (Å²) in [5, 5.41) is 2.93. The van der Waals surface area contributed by atoms with E-state index in [0.717, 1.165) is 19.6 Å². The number of hydrogen-bond acceptors (Lipinski definition) is 5. The molecule has 1 amide bonds. The standard InChI is InChI=1S/C22H30N2O4/c1-5-24(6-2)14-15-28-19-11-9-8-10-18(19)23-22(25)17-12-13-20(26-4)21(16-17)27-7-3/h8-13,16H,5-7,14-15H2,1-4H3,(H,23,25). The summed E-state index contributed by atoms with van der Waals surface area (Å²) in [6, 6.07) is 12.6. The maximum atomic E-state index is 12.7. The Morgan fingerprint density at radius 2 is 1.71 bits per heavy atom. The van der Waals surface area contributed by atoms with E-state index in [1.807, 2.05) is 31.2 Å². The van der Waals surface area contributed by atoms with Gasteiger partial charge in [0.1, 0.15) is 12.4 Å². The molecule has 152 valence electrons. The number of carbonyl (C=O) groups is 1. The lowest BCUT2D eigenvalue weighted by atomic mass is 10.1. The molecule has 0 fully saturated rings. The van der Waals surface area contributed by atoms with Gasteiger partial charge in [-0.15, -0.1) is 0 Å². The van der Waals surface area contributed by atoms with E-state index in [-0.39, 0.29) is 5.91 Å². The highest BCUT2D eigenvalue weighted by atomic mass is 16.5. The number of nitrogens with one attached hydrogen (secondary N) is 1. The van der Waals surface area contributed by atoms with Crippen LogP contribution in [0.1, 0.15) is 31.1 Å². The molecule has 0 bridgehead atoms.